The van der Waals surface area contributed by atoms with Crippen LogP contribution in [0.4, 0.5) is 5.82 Å². The smallest absolute Gasteiger partial charge is 0.224 e. The molecular weight excluding hydrogens is 216 g/mol. The molecule has 0 saturated carbocycles. The van der Waals surface area contributed by atoms with Gasteiger partial charge >= 0.3 is 0 Å². The van der Waals surface area contributed by atoms with Crippen molar-refractivity contribution >= 4 is 11.7 Å². The lowest BCUT2D eigenvalue weighted by molar-refractivity contribution is -0.130. The summed E-state index contributed by atoms with van der Waals surface area (Å²) in [4.78, 5) is 21.8. The van der Waals surface area contributed by atoms with Crippen LogP contribution in [0.2, 0.25) is 0 Å². The maximum Gasteiger partial charge on any atom is 0.224 e. The van der Waals surface area contributed by atoms with Crippen LogP contribution < -0.4 is 5.32 Å². The number of carbonyl (C=O) groups excluding carboxylic acids is 1. The second-order valence-electron chi connectivity index (χ2n) is 3.73. The molecule has 1 aromatic rings. The van der Waals surface area contributed by atoms with Crippen LogP contribution >= 0.6 is 0 Å². The van der Waals surface area contributed by atoms with Crippen molar-refractivity contribution in [2.45, 2.75) is 27.2 Å². The van der Waals surface area contributed by atoms with Crippen LogP contribution in [0.15, 0.2) is 12.4 Å². The van der Waals surface area contributed by atoms with E-state index >= 15 is 0 Å². The summed E-state index contributed by atoms with van der Waals surface area (Å²) in [5.74, 6) is 0.920. The van der Waals surface area contributed by atoms with E-state index in [-0.39, 0.29) is 5.91 Å². The quantitative estimate of drug-likeness (QED) is 0.812. The number of amides is 1. The highest BCUT2D eigenvalue weighted by Crippen LogP contribution is 2.05. The largest absolute Gasteiger partial charge is 0.368 e. The number of carbonyl (C=O) groups is 1. The molecule has 5 nitrogen and oxygen atoms in total. The molecule has 0 fully saturated rings. The molecule has 1 N–H and O–H groups in total. The molecule has 1 heterocycles. The molecular formula is C12H20N4O. The molecule has 17 heavy (non-hydrogen) atoms. The summed E-state index contributed by atoms with van der Waals surface area (Å²) < 4.78 is 0. The molecule has 0 saturated heterocycles. The molecule has 0 aromatic carbocycles. The van der Waals surface area contributed by atoms with Gasteiger partial charge in [0.15, 0.2) is 0 Å². The molecule has 0 unspecified atom stereocenters. The average molecular weight is 236 g/mol. The van der Waals surface area contributed by atoms with Gasteiger partial charge in [-0.2, -0.15) is 0 Å². The van der Waals surface area contributed by atoms with E-state index in [0.29, 0.717) is 13.0 Å². The fraction of sp³-hybridized carbons (Fsp3) is 0.583. The Morgan fingerprint density at radius 3 is 2.53 bits per heavy atom. The van der Waals surface area contributed by atoms with Gasteiger partial charge in [-0.25, -0.2) is 4.98 Å². The maximum absolute atomic E-state index is 11.7. The van der Waals surface area contributed by atoms with Crippen LogP contribution in [0, 0.1) is 6.92 Å². The van der Waals surface area contributed by atoms with Crippen molar-refractivity contribution in [3.63, 3.8) is 0 Å². The topological polar surface area (TPSA) is 58.1 Å². The van der Waals surface area contributed by atoms with Crippen LogP contribution in [0.5, 0.6) is 0 Å². The molecule has 5 heteroatoms. The lowest BCUT2D eigenvalue weighted by atomic mass is 10.3. The van der Waals surface area contributed by atoms with Gasteiger partial charge in [0.1, 0.15) is 5.82 Å². The Kier molecular flexibility index (Phi) is 5.39. The molecule has 0 spiro atoms. The Bertz CT molecular complexity index is 363. The van der Waals surface area contributed by atoms with Gasteiger partial charge in [0.25, 0.3) is 0 Å². The minimum atomic E-state index is 0.170. The van der Waals surface area contributed by atoms with Gasteiger partial charge in [-0.1, -0.05) is 0 Å². The summed E-state index contributed by atoms with van der Waals surface area (Å²) in [6.45, 7) is 7.98. The first-order chi connectivity index (χ1) is 8.19. The third kappa shape index (κ3) is 4.01. The predicted molar refractivity (Wildman–Crippen MR) is 67.8 cm³/mol. The Morgan fingerprint density at radius 2 is 1.94 bits per heavy atom. The molecule has 0 bridgehead atoms. The fourth-order valence-electron chi connectivity index (χ4n) is 1.60. The van der Waals surface area contributed by atoms with E-state index in [1.165, 1.54) is 0 Å². The maximum atomic E-state index is 11.7. The van der Waals surface area contributed by atoms with Crippen molar-refractivity contribution < 1.29 is 4.79 Å². The number of aryl methyl sites for hydroxylation is 1. The van der Waals surface area contributed by atoms with Crippen LogP contribution in [0.25, 0.3) is 0 Å². The Morgan fingerprint density at radius 1 is 1.29 bits per heavy atom. The SMILES string of the molecule is CCN(CC)C(=O)CCNc1nccnc1C. The van der Waals surface area contributed by atoms with Gasteiger partial charge in [-0.3, -0.25) is 9.78 Å². The van der Waals surface area contributed by atoms with Crippen molar-refractivity contribution in [1.29, 1.82) is 0 Å². The van der Waals surface area contributed by atoms with Gasteiger partial charge in [0, 0.05) is 38.4 Å². The molecule has 0 aliphatic carbocycles. The van der Waals surface area contributed by atoms with E-state index < -0.39 is 0 Å². The number of anilines is 1. The molecule has 1 aromatic heterocycles. The standard InChI is InChI=1S/C12H20N4O/c1-4-16(5-2)11(17)6-7-14-12-10(3)13-8-9-15-12/h8-9H,4-7H2,1-3H3,(H,14,15). The van der Waals surface area contributed by atoms with E-state index in [2.05, 4.69) is 15.3 Å². The number of rotatable bonds is 6. The van der Waals surface area contributed by atoms with Gasteiger partial charge in [-0.15, -0.1) is 0 Å². The third-order valence-corrected chi connectivity index (χ3v) is 2.63. The minimum Gasteiger partial charge on any atom is -0.368 e. The summed E-state index contributed by atoms with van der Waals surface area (Å²) in [6.07, 6.45) is 3.78. The Hall–Kier alpha value is -1.65. The summed E-state index contributed by atoms with van der Waals surface area (Å²) in [7, 11) is 0. The zero-order chi connectivity index (χ0) is 12.7. The third-order valence-electron chi connectivity index (χ3n) is 2.63. The van der Waals surface area contributed by atoms with Crippen LogP contribution in [-0.4, -0.2) is 40.4 Å². The van der Waals surface area contributed by atoms with E-state index in [9.17, 15) is 4.79 Å². The molecule has 0 radical (unpaired) electrons. The molecule has 0 atom stereocenters. The van der Waals surface area contributed by atoms with Gasteiger partial charge in [-0.05, 0) is 20.8 Å². The highest BCUT2D eigenvalue weighted by molar-refractivity contribution is 5.76. The fourth-order valence-corrected chi connectivity index (χ4v) is 1.60. The van der Waals surface area contributed by atoms with Crippen LogP contribution in [0.1, 0.15) is 26.0 Å². The Labute approximate surface area is 102 Å². The van der Waals surface area contributed by atoms with E-state index in [1.54, 1.807) is 12.4 Å². The first-order valence-corrected chi connectivity index (χ1v) is 5.98. The lowest BCUT2D eigenvalue weighted by Crippen LogP contribution is -2.31. The number of hydrogen-bond acceptors (Lipinski definition) is 4. The molecule has 1 amide bonds. The first kappa shape index (κ1) is 13.4. The first-order valence-electron chi connectivity index (χ1n) is 5.98. The van der Waals surface area contributed by atoms with Gasteiger partial charge in [0.05, 0.1) is 5.69 Å². The number of nitrogens with zero attached hydrogens (tertiary/aromatic N) is 3. The van der Waals surface area contributed by atoms with Crippen molar-refractivity contribution in [3.8, 4) is 0 Å². The average Bonchev–Trinajstić information content (AvgIpc) is 2.33. The second-order valence-corrected chi connectivity index (χ2v) is 3.73. The summed E-state index contributed by atoms with van der Waals surface area (Å²) in [5, 5.41) is 3.13. The Balaban J connectivity index is 2.38. The van der Waals surface area contributed by atoms with Gasteiger partial charge < -0.3 is 10.2 Å². The predicted octanol–water partition coefficient (Wildman–Crippen LogP) is 1.46. The van der Waals surface area contributed by atoms with E-state index in [1.807, 2.05) is 25.7 Å². The summed E-state index contributed by atoms with van der Waals surface area (Å²) >= 11 is 0. The highest BCUT2D eigenvalue weighted by Gasteiger charge is 2.08. The van der Waals surface area contributed by atoms with Crippen molar-refractivity contribution in [2.24, 2.45) is 0 Å². The van der Waals surface area contributed by atoms with E-state index in [4.69, 9.17) is 0 Å². The van der Waals surface area contributed by atoms with Crippen molar-refractivity contribution in [1.82, 2.24) is 14.9 Å². The molecule has 94 valence electrons. The molecule has 0 aliphatic rings. The lowest BCUT2D eigenvalue weighted by Gasteiger charge is -2.18. The monoisotopic (exact) mass is 236 g/mol. The highest BCUT2D eigenvalue weighted by atomic mass is 16.2. The zero-order valence-electron chi connectivity index (χ0n) is 10.7. The summed E-state index contributed by atoms with van der Waals surface area (Å²) in [6, 6.07) is 0. The van der Waals surface area contributed by atoms with E-state index in [0.717, 1.165) is 24.6 Å². The second kappa shape index (κ2) is 6.83. The van der Waals surface area contributed by atoms with Gasteiger partial charge in [0.2, 0.25) is 5.91 Å². The zero-order valence-corrected chi connectivity index (χ0v) is 10.7. The van der Waals surface area contributed by atoms with Crippen molar-refractivity contribution in [3.05, 3.63) is 18.1 Å². The number of aromatic nitrogens is 2. The normalized spacial score (nSPS) is 10.1. The van der Waals surface area contributed by atoms with Crippen LogP contribution in [-0.2, 0) is 4.79 Å². The number of hydrogen-bond donors (Lipinski definition) is 1. The number of nitrogens with one attached hydrogen (secondary N) is 1. The van der Waals surface area contributed by atoms with Crippen molar-refractivity contribution in [2.75, 3.05) is 25.0 Å². The molecule has 0 aliphatic heterocycles. The van der Waals surface area contributed by atoms with Crippen LogP contribution in [0.3, 0.4) is 0 Å². The minimum absolute atomic E-state index is 0.170. The summed E-state index contributed by atoms with van der Waals surface area (Å²) in [5.41, 5.74) is 0.850. The molecule has 1 rings (SSSR count).